The summed E-state index contributed by atoms with van der Waals surface area (Å²) in [5.41, 5.74) is 5.97. The Labute approximate surface area is 127 Å². The molecular formula is C14H22N2O2S2. The van der Waals surface area contributed by atoms with E-state index in [2.05, 4.69) is 0 Å². The van der Waals surface area contributed by atoms with Gasteiger partial charge in [-0.05, 0) is 38.0 Å². The molecule has 0 fully saturated rings. The van der Waals surface area contributed by atoms with Gasteiger partial charge in [-0.15, -0.1) is 0 Å². The van der Waals surface area contributed by atoms with E-state index >= 15 is 0 Å². The summed E-state index contributed by atoms with van der Waals surface area (Å²) < 4.78 is 26.5. The van der Waals surface area contributed by atoms with E-state index in [9.17, 15) is 8.42 Å². The molecule has 0 atom stereocenters. The predicted molar refractivity (Wildman–Crippen MR) is 86.3 cm³/mol. The molecule has 0 spiro atoms. The van der Waals surface area contributed by atoms with Crippen molar-refractivity contribution in [1.82, 2.24) is 4.31 Å². The largest absolute Gasteiger partial charge is 0.393 e. The summed E-state index contributed by atoms with van der Waals surface area (Å²) >= 11 is 4.84. The van der Waals surface area contributed by atoms with Gasteiger partial charge in [-0.25, -0.2) is 8.42 Å². The molecule has 0 radical (unpaired) electrons. The van der Waals surface area contributed by atoms with Crippen molar-refractivity contribution >= 4 is 27.2 Å². The smallest absolute Gasteiger partial charge is 0.243 e. The van der Waals surface area contributed by atoms with E-state index in [4.69, 9.17) is 18.0 Å². The van der Waals surface area contributed by atoms with Gasteiger partial charge in [0, 0.05) is 19.0 Å². The Balaban J connectivity index is 3.08. The minimum Gasteiger partial charge on any atom is -0.393 e. The molecule has 0 saturated heterocycles. The van der Waals surface area contributed by atoms with Crippen molar-refractivity contribution < 1.29 is 8.42 Å². The molecule has 0 saturated carbocycles. The van der Waals surface area contributed by atoms with Crippen molar-refractivity contribution in [3.8, 4) is 0 Å². The Kier molecular flexibility index (Phi) is 5.29. The zero-order chi connectivity index (χ0) is 15.6. The highest BCUT2D eigenvalue weighted by Crippen LogP contribution is 2.25. The summed E-state index contributed by atoms with van der Waals surface area (Å²) in [6.07, 6.45) is 1.22. The van der Waals surface area contributed by atoms with Gasteiger partial charge in [-0.2, -0.15) is 4.31 Å². The van der Waals surface area contributed by atoms with Crippen molar-refractivity contribution in [2.24, 2.45) is 5.73 Å². The lowest BCUT2D eigenvalue weighted by Crippen LogP contribution is -2.44. The van der Waals surface area contributed by atoms with Crippen molar-refractivity contribution in [3.63, 3.8) is 0 Å². The molecule has 112 valence electrons. The SMILES string of the molecule is CCC(C)(C)N(C)S(=O)(=O)c1ccc(CC(N)=S)cc1. The number of nitrogens with zero attached hydrogens (tertiary/aromatic N) is 1. The molecule has 0 heterocycles. The fourth-order valence-electron chi connectivity index (χ4n) is 1.69. The van der Waals surface area contributed by atoms with Crippen LogP contribution >= 0.6 is 12.2 Å². The third-order valence-electron chi connectivity index (χ3n) is 3.68. The summed E-state index contributed by atoms with van der Waals surface area (Å²) in [7, 11) is -1.87. The van der Waals surface area contributed by atoms with Crippen LogP contribution in [0.4, 0.5) is 0 Å². The molecule has 2 N–H and O–H groups in total. The molecule has 0 aliphatic heterocycles. The lowest BCUT2D eigenvalue weighted by molar-refractivity contribution is 0.257. The van der Waals surface area contributed by atoms with Crippen molar-refractivity contribution in [2.45, 2.75) is 44.0 Å². The van der Waals surface area contributed by atoms with Gasteiger partial charge in [0.1, 0.15) is 0 Å². The lowest BCUT2D eigenvalue weighted by atomic mass is 10.0. The average molecular weight is 314 g/mol. The molecule has 0 aromatic heterocycles. The second kappa shape index (κ2) is 6.20. The second-order valence-electron chi connectivity index (χ2n) is 5.43. The first-order valence-corrected chi connectivity index (χ1v) is 8.32. The molecular weight excluding hydrogens is 292 g/mol. The van der Waals surface area contributed by atoms with Gasteiger partial charge < -0.3 is 5.73 Å². The van der Waals surface area contributed by atoms with Gasteiger partial charge in [-0.3, -0.25) is 0 Å². The van der Waals surface area contributed by atoms with Crippen LogP contribution in [0.25, 0.3) is 0 Å². The number of hydrogen-bond donors (Lipinski definition) is 1. The van der Waals surface area contributed by atoms with E-state index < -0.39 is 15.6 Å². The first-order chi connectivity index (χ1) is 9.11. The highest BCUT2D eigenvalue weighted by molar-refractivity contribution is 7.89. The van der Waals surface area contributed by atoms with Crippen LogP contribution in [0.2, 0.25) is 0 Å². The molecule has 1 aromatic carbocycles. The van der Waals surface area contributed by atoms with Gasteiger partial charge in [-0.1, -0.05) is 31.3 Å². The fraction of sp³-hybridized carbons (Fsp3) is 0.500. The van der Waals surface area contributed by atoms with Crippen LogP contribution in [0, 0.1) is 0 Å². The van der Waals surface area contributed by atoms with E-state index in [0.717, 1.165) is 12.0 Å². The van der Waals surface area contributed by atoms with Crippen LogP contribution in [0.15, 0.2) is 29.2 Å². The molecule has 1 rings (SSSR count). The Morgan fingerprint density at radius 2 is 1.80 bits per heavy atom. The minimum atomic E-state index is -3.48. The summed E-state index contributed by atoms with van der Waals surface area (Å²) in [6.45, 7) is 5.79. The highest BCUT2D eigenvalue weighted by Gasteiger charge is 2.32. The monoisotopic (exact) mass is 314 g/mol. The number of sulfonamides is 1. The van der Waals surface area contributed by atoms with Crippen LogP contribution in [0.1, 0.15) is 32.8 Å². The van der Waals surface area contributed by atoms with Crippen LogP contribution in [0.3, 0.4) is 0 Å². The van der Waals surface area contributed by atoms with Gasteiger partial charge in [0.25, 0.3) is 0 Å². The Bertz CT molecular complexity index is 578. The first kappa shape index (κ1) is 17.1. The van der Waals surface area contributed by atoms with Gasteiger partial charge in [0.05, 0.1) is 9.88 Å². The van der Waals surface area contributed by atoms with Crippen LogP contribution in [0.5, 0.6) is 0 Å². The third kappa shape index (κ3) is 3.77. The van der Waals surface area contributed by atoms with Gasteiger partial charge in [0.15, 0.2) is 0 Å². The topological polar surface area (TPSA) is 63.4 Å². The Hall–Kier alpha value is -0.980. The summed E-state index contributed by atoms with van der Waals surface area (Å²) in [4.78, 5) is 0.679. The van der Waals surface area contributed by atoms with Crippen LogP contribution in [-0.2, 0) is 16.4 Å². The number of thiocarbonyl (C=S) groups is 1. The number of nitrogens with two attached hydrogens (primary N) is 1. The van der Waals surface area contributed by atoms with Crippen LogP contribution < -0.4 is 5.73 Å². The molecule has 1 aromatic rings. The zero-order valence-electron chi connectivity index (χ0n) is 12.4. The van der Waals surface area contributed by atoms with Crippen molar-refractivity contribution in [2.75, 3.05) is 7.05 Å². The van der Waals surface area contributed by atoms with E-state index in [1.165, 1.54) is 4.31 Å². The molecule has 6 heteroatoms. The van der Waals surface area contributed by atoms with Crippen molar-refractivity contribution in [1.29, 1.82) is 0 Å². The predicted octanol–water partition coefficient (Wildman–Crippen LogP) is 2.32. The van der Waals surface area contributed by atoms with E-state index in [1.54, 1.807) is 31.3 Å². The second-order valence-corrected chi connectivity index (χ2v) is 7.92. The molecule has 0 unspecified atom stereocenters. The lowest BCUT2D eigenvalue weighted by Gasteiger charge is -2.33. The third-order valence-corrected chi connectivity index (χ3v) is 5.91. The van der Waals surface area contributed by atoms with Crippen molar-refractivity contribution in [3.05, 3.63) is 29.8 Å². The molecule has 20 heavy (non-hydrogen) atoms. The maximum absolute atomic E-state index is 12.5. The minimum absolute atomic E-state index is 0.285. The summed E-state index contributed by atoms with van der Waals surface area (Å²) in [5.74, 6) is 0. The van der Waals surface area contributed by atoms with Gasteiger partial charge in [0.2, 0.25) is 10.0 Å². The molecule has 4 nitrogen and oxygen atoms in total. The first-order valence-electron chi connectivity index (χ1n) is 6.47. The van der Waals surface area contributed by atoms with Crippen LogP contribution in [-0.4, -0.2) is 30.3 Å². The standard InChI is InChI=1S/C14H22N2O2S2/c1-5-14(2,3)16(4)20(17,18)12-8-6-11(7-9-12)10-13(15)19/h6-9H,5,10H2,1-4H3,(H2,15,19). The highest BCUT2D eigenvalue weighted by atomic mass is 32.2. The number of rotatable bonds is 6. The zero-order valence-corrected chi connectivity index (χ0v) is 14.0. The molecule has 0 bridgehead atoms. The van der Waals surface area contributed by atoms with E-state index in [0.29, 0.717) is 11.4 Å². The number of benzene rings is 1. The fourth-order valence-corrected chi connectivity index (χ4v) is 3.43. The molecule has 0 aliphatic rings. The maximum Gasteiger partial charge on any atom is 0.243 e. The van der Waals surface area contributed by atoms with E-state index in [1.807, 2.05) is 20.8 Å². The molecule has 0 aliphatic carbocycles. The van der Waals surface area contributed by atoms with Gasteiger partial charge >= 0.3 is 0 Å². The normalized spacial score (nSPS) is 12.7. The molecule has 0 amide bonds. The summed E-state index contributed by atoms with van der Waals surface area (Å²) in [5, 5.41) is 0. The maximum atomic E-state index is 12.5. The van der Waals surface area contributed by atoms with E-state index in [-0.39, 0.29) is 4.90 Å². The quantitative estimate of drug-likeness (QED) is 0.819. The summed E-state index contributed by atoms with van der Waals surface area (Å²) in [6, 6.07) is 6.70. The Morgan fingerprint density at radius 1 is 1.30 bits per heavy atom. The Morgan fingerprint density at radius 3 is 2.20 bits per heavy atom. The number of hydrogen-bond acceptors (Lipinski definition) is 3. The average Bonchev–Trinajstić information content (AvgIpc) is 2.37.